The van der Waals surface area contributed by atoms with Crippen molar-refractivity contribution in [3.8, 4) is 0 Å². The fourth-order valence-corrected chi connectivity index (χ4v) is 3.27. The molecule has 3 unspecified atom stereocenters. The molecule has 2 nitrogen and oxygen atoms in total. The number of likely N-dealkylation sites (N-methyl/N-ethyl adjacent to an activating group) is 1. The van der Waals surface area contributed by atoms with E-state index in [4.69, 9.17) is 5.73 Å². The van der Waals surface area contributed by atoms with Crippen LogP contribution in [0, 0.1) is 5.92 Å². The molecule has 1 aliphatic carbocycles. The average molecular weight is 246 g/mol. The predicted molar refractivity (Wildman–Crippen MR) is 77.7 cm³/mol. The first-order valence-corrected chi connectivity index (χ1v) is 7.05. The number of fused-ring (bicyclic) bond motifs is 1. The van der Waals surface area contributed by atoms with Gasteiger partial charge in [-0.05, 0) is 36.4 Å². The summed E-state index contributed by atoms with van der Waals surface area (Å²) in [6, 6.07) is 9.29. The maximum Gasteiger partial charge on any atom is 0.0456 e. The molecular weight excluding hydrogens is 220 g/mol. The van der Waals surface area contributed by atoms with Crippen molar-refractivity contribution in [2.45, 2.75) is 45.2 Å². The van der Waals surface area contributed by atoms with Crippen LogP contribution in [0.25, 0.3) is 0 Å². The maximum absolute atomic E-state index is 6.49. The first-order valence-electron chi connectivity index (χ1n) is 7.05. The molecule has 1 aromatic rings. The van der Waals surface area contributed by atoms with E-state index in [0.29, 0.717) is 17.9 Å². The Balaban J connectivity index is 2.22. The van der Waals surface area contributed by atoms with Gasteiger partial charge < -0.3 is 10.6 Å². The van der Waals surface area contributed by atoms with Crippen molar-refractivity contribution in [2.75, 3.05) is 13.6 Å². The molecule has 0 aliphatic heterocycles. The number of benzene rings is 1. The highest BCUT2D eigenvalue weighted by atomic mass is 15.1. The van der Waals surface area contributed by atoms with Gasteiger partial charge in [-0.15, -0.1) is 0 Å². The normalized spacial score (nSPS) is 27.6. The Labute approximate surface area is 111 Å². The molecule has 2 rings (SSSR count). The Morgan fingerprint density at radius 3 is 2.50 bits per heavy atom. The largest absolute Gasteiger partial charge is 0.323 e. The summed E-state index contributed by atoms with van der Waals surface area (Å²) in [4.78, 5) is 2.45. The van der Waals surface area contributed by atoms with E-state index in [1.165, 1.54) is 17.5 Å². The van der Waals surface area contributed by atoms with Gasteiger partial charge in [0.2, 0.25) is 0 Å². The Bertz CT molecular complexity index is 400. The summed E-state index contributed by atoms with van der Waals surface area (Å²) in [5, 5.41) is 0. The van der Waals surface area contributed by atoms with Crippen molar-refractivity contribution in [2.24, 2.45) is 11.7 Å². The van der Waals surface area contributed by atoms with Crippen LogP contribution in [-0.4, -0.2) is 24.5 Å². The third-order valence-corrected chi connectivity index (χ3v) is 4.11. The van der Waals surface area contributed by atoms with Crippen LogP contribution in [0.1, 0.15) is 50.3 Å². The zero-order chi connectivity index (χ0) is 13.3. The molecule has 0 radical (unpaired) electrons. The lowest BCUT2D eigenvalue weighted by molar-refractivity contribution is 0.165. The van der Waals surface area contributed by atoms with Crippen molar-refractivity contribution in [1.29, 1.82) is 0 Å². The molecule has 0 fully saturated rings. The van der Waals surface area contributed by atoms with E-state index in [-0.39, 0.29) is 6.04 Å². The van der Waals surface area contributed by atoms with Crippen molar-refractivity contribution < 1.29 is 0 Å². The Kier molecular flexibility index (Phi) is 4.08. The van der Waals surface area contributed by atoms with Crippen LogP contribution in [-0.2, 0) is 0 Å². The van der Waals surface area contributed by atoms with E-state index in [9.17, 15) is 0 Å². The van der Waals surface area contributed by atoms with E-state index in [0.717, 1.165) is 6.54 Å². The van der Waals surface area contributed by atoms with Crippen LogP contribution in [0.15, 0.2) is 24.3 Å². The number of hydrogen-bond donors (Lipinski definition) is 1. The average Bonchev–Trinajstić information content (AvgIpc) is 2.33. The molecule has 0 aromatic heterocycles. The fourth-order valence-electron chi connectivity index (χ4n) is 3.27. The summed E-state index contributed by atoms with van der Waals surface area (Å²) in [5.74, 6) is 1.30. The summed E-state index contributed by atoms with van der Waals surface area (Å²) in [5.41, 5.74) is 9.28. The number of rotatable bonds is 3. The second-order valence-corrected chi connectivity index (χ2v) is 6.19. The maximum atomic E-state index is 6.49. The van der Waals surface area contributed by atoms with Crippen molar-refractivity contribution in [1.82, 2.24) is 4.90 Å². The summed E-state index contributed by atoms with van der Waals surface area (Å²) in [6.07, 6.45) is 1.17. The molecule has 1 aromatic carbocycles. The van der Waals surface area contributed by atoms with Crippen LogP contribution in [0.2, 0.25) is 0 Å². The van der Waals surface area contributed by atoms with E-state index in [1.807, 2.05) is 0 Å². The van der Waals surface area contributed by atoms with Crippen molar-refractivity contribution >= 4 is 0 Å². The van der Waals surface area contributed by atoms with Crippen LogP contribution < -0.4 is 5.73 Å². The first kappa shape index (κ1) is 13.6. The van der Waals surface area contributed by atoms with Gasteiger partial charge in [0.15, 0.2) is 0 Å². The smallest absolute Gasteiger partial charge is 0.0456 e. The molecule has 100 valence electrons. The van der Waals surface area contributed by atoms with Gasteiger partial charge in [0, 0.05) is 18.6 Å². The van der Waals surface area contributed by atoms with Gasteiger partial charge in [-0.3, -0.25) is 0 Å². The lowest BCUT2D eigenvalue weighted by Gasteiger charge is -2.40. The molecule has 2 heteroatoms. The monoisotopic (exact) mass is 246 g/mol. The summed E-state index contributed by atoms with van der Waals surface area (Å²) in [7, 11) is 2.21. The predicted octanol–water partition coefficient (Wildman–Crippen LogP) is 3.15. The SMILES string of the molecule is CC(C)CN(C)C1CC(C)c2ccccc2C1N. The van der Waals surface area contributed by atoms with Gasteiger partial charge in [0.1, 0.15) is 0 Å². The summed E-state index contributed by atoms with van der Waals surface area (Å²) >= 11 is 0. The zero-order valence-corrected chi connectivity index (χ0v) is 12.1. The van der Waals surface area contributed by atoms with Crippen LogP contribution >= 0.6 is 0 Å². The number of nitrogens with two attached hydrogens (primary N) is 1. The van der Waals surface area contributed by atoms with Crippen molar-refractivity contribution in [3.05, 3.63) is 35.4 Å². The van der Waals surface area contributed by atoms with Gasteiger partial charge in [-0.25, -0.2) is 0 Å². The fraction of sp³-hybridized carbons (Fsp3) is 0.625. The topological polar surface area (TPSA) is 29.3 Å². The molecule has 0 saturated heterocycles. The second-order valence-electron chi connectivity index (χ2n) is 6.19. The second kappa shape index (κ2) is 5.41. The molecular formula is C16H26N2. The Hall–Kier alpha value is -0.860. The molecule has 18 heavy (non-hydrogen) atoms. The molecule has 0 saturated carbocycles. The highest BCUT2D eigenvalue weighted by Gasteiger charge is 2.32. The van der Waals surface area contributed by atoms with Gasteiger partial charge in [0.05, 0.1) is 0 Å². The Morgan fingerprint density at radius 1 is 1.28 bits per heavy atom. The Morgan fingerprint density at radius 2 is 1.89 bits per heavy atom. The van der Waals surface area contributed by atoms with Crippen LogP contribution in [0.4, 0.5) is 0 Å². The molecule has 1 aliphatic rings. The summed E-state index contributed by atoms with van der Waals surface area (Å²) < 4.78 is 0. The minimum absolute atomic E-state index is 0.154. The third kappa shape index (κ3) is 2.60. The molecule has 0 heterocycles. The molecule has 0 amide bonds. The van der Waals surface area contributed by atoms with E-state index in [2.05, 4.69) is 57.0 Å². The molecule has 3 atom stereocenters. The lowest BCUT2D eigenvalue weighted by Crippen LogP contribution is -2.45. The van der Waals surface area contributed by atoms with Gasteiger partial charge >= 0.3 is 0 Å². The number of hydrogen-bond acceptors (Lipinski definition) is 2. The van der Waals surface area contributed by atoms with E-state index in [1.54, 1.807) is 0 Å². The summed E-state index contributed by atoms with van der Waals surface area (Å²) in [6.45, 7) is 7.97. The zero-order valence-electron chi connectivity index (χ0n) is 12.1. The van der Waals surface area contributed by atoms with Gasteiger partial charge in [0.25, 0.3) is 0 Å². The van der Waals surface area contributed by atoms with Gasteiger partial charge in [-0.1, -0.05) is 45.0 Å². The minimum Gasteiger partial charge on any atom is -0.323 e. The highest BCUT2D eigenvalue weighted by Crippen LogP contribution is 2.38. The quantitative estimate of drug-likeness (QED) is 0.887. The minimum atomic E-state index is 0.154. The van der Waals surface area contributed by atoms with Crippen LogP contribution in [0.5, 0.6) is 0 Å². The number of nitrogens with zero attached hydrogens (tertiary/aromatic N) is 1. The highest BCUT2D eigenvalue weighted by molar-refractivity contribution is 5.36. The third-order valence-electron chi connectivity index (χ3n) is 4.11. The lowest BCUT2D eigenvalue weighted by atomic mass is 9.77. The van der Waals surface area contributed by atoms with Crippen LogP contribution in [0.3, 0.4) is 0 Å². The molecule has 2 N–H and O–H groups in total. The van der Waals surface area contributed by atoms with E-state index >= 15 is 0 Å². The van der Waals surface area contributed by atoms with Gasteiger partial charge in [-0.2, -0.15) is 0 Å². The first-order chi connectivity index (χ1) is 8.50. The molecule has 0 bridgehead atoms. The van der Waals surface area contributed by atoms with E-state index < -0.39 is 0 Å². The standard InChI is InChI=1S/C16H26N2/c1-11(2)10-18(4)15-9-12(3)13-7-5-6-8-14(13)16(15)17/h5-8,11-12,15-16H,9-10,17H2,1-4H3. The van der Waals surface area contributed by atoms with Crippen molar-refractivity contribution in [3.63, 3.8) is 0 Å². The molecule has 0 spiro atoms.